The number of aryl methyl sites for hydroxylation is 2. The van der Waals surface area contributed by atoms with Gasteiger partial charge in [0.25, 0.3) is 11.5 Å². The number of nitrogens with one attached hydrogen (secondary N) is 2. The van der Waals surface area contributed by atoms with Crippen LogP contribution in [-0.2, 0) is 17.6 Å². The van der Waals surface area contributed by atoms with Gasteiger partial charge in [0.1, 0.15) is 17.3 Å². The zero-order valence-electron chi connectivity index (χ0n) is 17.4. The summed E-state index contributed by atoms with van der Waals surface area (Å²) in [5, 5.41) is 9.42. The summed E-state index contributed by atoms with van der Waals surface area (Å²) in [7, 11) is 0. The van der Waals surface area contributed by atoms with Crippen LogP contribution in [-0.4, -0.2) is 32.3 Å². The van der Waals surface area contributed by atoms with Crippen LogP contribution >= 0.6 is 11.3 Å². The third-order valence-corrected chi connectivity index (χ3v) is 6.22. The molecule has 0 saturated heterocycles. The summed E-state index contributed by atoms with van der Waals surface area (Å²) in [6, 6.07) is 13.2. The van der Waals surface area contributed by atoms with Gasteiger partial charge in [-0.15, -0.1) is 11.3 Å². The van der Waals surface area contributed by atoms with E-state index < -0.39 is 0 Å². The first-order valence-corrected chi connectivity index (χ1v) is 11.2. The van der Waals surface area contributed by atoms with Crippen LogP contribution in [0.15, 0.2) is 52.6 Å². The highest BCUT2D eigenvalue weighted by Gasteiger charge is 2.21. The predicted molar refractivity (Wildman–Crippen MR) is 123 cm³/mol. The number of para-hydroxylation sites is 1. The van der Waals surface area contributed by atoms with Crippen molar-refractivity contribution in [3.63, 3.8) is 0 Å². The highest BCUT2D eigenvalue weighted by molar-refractivity contribution is 7.13. The third kappa shape index (κ3) is 3.94. The lowest BCUT2D eigenvalue weighted by Gasteiger charge is -2.11. The molecule has 4 aromatic rings. The minimum Gasteiger partial charge on any atom is -0.483 e. The Bertz CT molecular complexity index is 1340. The van der Waals surface area contributed by atoms with Crippen molar-refractivity contribution < 1.29 is 9.53 Å². The lowest BCUT2D eigenvalue weighted by Crippen LogP contribution is -2.24. The monoisotopic (exact) mass is 447 g/mol. The summed E-state index contributed by atoms with van der Waals surface area (Å²) in [5.41, 5.74) is 2.99. The summed E-state index contributed by atoms with van der Waals surface area (Å²) >= 11 is 1.54. The maximum absolute atomic E-state index is 12.7. The zero-order chi connectivity index (χ0) is 22.1. The molecule has 3 heterocycles. The Morgan fingerprint density at radius 2 is 2.12 bits per heavy atom. The number of ether oxygens (including phenoxy) is 1. The van der Waals surface area contributed by atoms with Crippen LogP contribution in [0, 0.1) is 6.92 Å². The van der Waals surface area contributed by atoms with Gasteiger partial charge in [-0.3, -0.25) is 14.6 Å². The number of fused-ring (bicyclic) bond motifs is 1. The van der Waals surface area contributed by atoms with E-state index in [-0.39, 0.29) is 24.0 Å². The standard InChI is InChI=1S/C23H21N5O3S/c1-14-6-2-3-9-18(14)31-13-21(29)25-20-12-17(19-10-5-11-32-19)27-28(20)23-24-16-8-4-7-15(16)22(30)26-23/h2-3,5-6,9-12H,4,7-8,13H2,1H3,(H,25,29)(H,24,26,30). The van der Waals surface area contributed by atoms with Gasteiger partial charge in [0.05, 0.1) is 10.6 Å². The Balaban J connectivity index is 1.45. The molecule has 9 heteroatoms. The fourth-order valence-electron chi connectivity index (χ4n) is 3.75. The van der Waals surface area contributed by atoms with Crippen LogP contribution in [0.5, 0.6) is 5.75 Å². The zero-order valence-corrected chi connectivity index (χ0v) is 18.2. The molecule has 0 unspecified atom stereocenters. The first-order valence-electron chi connectivity index (χ1n) is 10.3. The van der Waals surface area contributed by atoms with Crippen molar-refractivity contribution in [1.29, 1.82) is 0 Å². The Kier molecular flexibility index (Phi) is 5.32. The number of thiophene rings is 1. The van der Waals surface area contributed by atoms with E-state index in [0.29, 0.717) is 17.3 Å². The van der Waals surface area contributed by atoms with Gasteiger partial charge in [-0.25, -0.2) is 4.98 Å². The van der Waals surface area contributed by atoms with Gasteiger partial charge in [0.2, 0.25) is 5.95 Å². The molecule has 0 radical (unpaired) electrons. The molecule has 0 fully saturated rings. The number of rotatable bonds is 6. The van der Waals surface area contributed by atoms with Crippen molar-refractivity contribution in [3.05, 3.63) is 75.0 Å². The molecule has 2 N–H and O–H groups in total. The van der Waals surface area contributed by atoms with E-state index in [1.807, 2.05) is 48.7 Å². The Morgan fingerprint density at radius 1 is 1.25 bits per heavy atom. The van der Waals surface area contributed by atoms with Crippen molar-refractivity contribution >= 4 is 23.1 Å². The lowest BCUT2D eigenvalue weighted by atomic mass is 10.2. The number of aromatic nitrogens is 4. The Hall–Kier alpha value is -3.72. The Morgan fingerprint density at radius 3 is 2.94 bits per heavy atom. The number of H-pyrrole nitrogens is 1. The predicted octanol–water partition coefficient (Wildman–Crippen LogP) is 3.50. The number of hydrogen-bond acceptors (Lipinski definition) is 6. The SMILES string of the molecule is Cc1ccccc1OCC(=O)Nc1cc(-c2cccs2)nn1-c1nc2c(c(=O)[nH]1)CCC2. The van der Waals surface area contributed by atoms with E-state index in [4.69, 9.17) is 4.74 Å². The topological polar surface area (TPSA) is 102 Å². The summed E-state index contributed by atoms with van der Waals surface area (Å²) in [6.45, 7) is 1.77. The molecule has 162 valence electrons. The number of amides is 1. The van der Waals surface area contributed by atoms with Gasteiger partial charge in [-0.2, -0.15) is 9.78 Å². The summed E-state index contributed by atoms with van der Waals surface area (Å²) in [4.78, 5) is 33.6. The first kappa shape index (κ1) is 20.2. The number of carbonyl (C=O) groups excluding carboxylic acids is 1. The van der Waals surface area contributed by atoms with Gasteiger partial charge in [-0.1, -0.05) is 24.3 Å². The third-order valence-electron chi connectivity index (χ3n) is 5.33. The minimum atomic E-state index is -0.337. The summed E-state index contributed by atoms with van der Waals surface area (Å²) in [5.74, 6) is 1.01. The lowest BCUT2D eigenvalue weighted by molar-refractivity contribution is -0.118. The molecule has 0 saturated carbocycles. The normalized spacial score (nSPS) is 12.5. The fraction of sp³-hybridized carbons (Fsp3) is 0.217. The van der Waals surface area contributed by atoms with Crippen LogP contribution in [0.25, 0.3) is 16.5 Å². The average molecular weight is 448 g/mol. The molecule has 32 heavy (non-hydrogen) atoms. The van der Waals surface area contributed by atoms with Gasteiger partial charge in [0.15, 0.2) is 6.61 Å². The molecule has 1 aliphatic carbocycles. The van der Waals surface area contributed by atoms with E-state index in [9.17, 15) is 9.59 Å². The molecule has 5 rings (SSSR count). The van der Waals surface area contributed by atoms with Crippen molar-refractivity contribution in [1.82, 2.24) is 19.7 Å². The molecule has 0 spiro atoms. The highest BCUT2D eigenvalue weighted by Crippen LogP contribution is 2.28. The maximum Gasteiger partial charge on any atom is 0.263 e. The van der Waals surface area contributed by atoms with Crippen LogP contribution in [0.2, 0.25) is 0 Å². The number of carbonyl (C=O) groups is 1. The molecule has 0 atom stereocenters. The molecule has 1 amide bonds. The van der Waals surface area contributed by atoms with Crippen molar-refractivity contribution in [2.75, 3.05) is 11.9 Å². The largest absolute Gasteiger partial charge is 0.483 e. The number of benzene rings is 1. The second-order valence-corrected chi connectivity index (χ2v) is 8.52. The quantitative estimate of drug-likeness (QED) is 0.471. The summed E-state index contributed by atoms with van der Waals surface area (Å²) in [6.07, 6.45) is 2.41. The van der Waals surface area contributed by atoms with Gasteiger partial charge in [0, 0.05) is 11.6 Å². The van der Waals surface area contributed by atoms with E-state index in [0.717, 1.165) is 41.0 Å². The average Bonchev–Trinajstić information content (AvgIpc) is 3.53. The molecule has 1 aliphatic rings. The second kappa shape index (κ2) is 8.43. The van der Waals surface area contributed by atoms with Crippen LogP contribution in [0.3, 0.4) is 0 Å². The van der Waals surface area contributed by atoms with Gasteiger partial charge < -0.3 is 10.1 Å². The van der Waals surface area contributed by atoms with E-state index in [1.54, 1.807) is 6.07 Å². The Labute approximate surface area is 187 Å². The second-order valence-electron chi connectivity index (χ2n) is 7.57. The first-order chi connectivity index (χ1) is 15.6. The molecular weight excluding hydrogens is 426 g/mol. The van der Waals surface area contributed by atoms with Crippen molar-refractivity contribution in [2.24, 2.45) is 0 Å². The van der Waals surface area contributed by atoms with Crippen LogP contribution in [0.1, 0.15) is 23.2 Å². The smallest absolute Gasteiger partial charge is 0.263 e. The van der Waals surface area contributed by atoms with E-state index >= 15 is 0 Å². The van der Waals surface area contributed by atoms with E-state index in [2.05, 4.69) is 20.4 Å². The number of nitrogens with zero attached hydrogens (tertiary/aromatic N) is 3. The molecule has 8 nitrogen and oxygen atoms in total. The van der Waals surface area contributed by atoms with Gasteiger partial charge >= 0.3 is 0 Å². The summed E-state index contributed by atoms with van der Waals surface area (Å²) < 4.78 is 7.13. The number of aromatic amines is 1. The van der Waals surface area contributed by atoms with Crippen LogP contribution in [0.4, 0.5) is 5.82 Å². The van der Waals surface area contributed by atoms with Crippen molar-refractivity contribution in [2.45, 2.75) is 26.2 Å². The minimum absolute atomic E-state index is 0.154. The molecule has 0 bridgehead atoms. The number of hydrogen-bond donors (Lipinski definition) is 2. The molecule has 0 aliphatic heterocycles. The fourth-order valence-corrected chi connectivity index (χ4v) is 4.43. The highest BCUT2D eigenvalue weighted by atomic mass is 32.1. The molecule has 3 aromatic heterocycles. The molecular formula is C23H21N5O3S. The van der Waals surface area contributed by atoms with Gasteiger partial charge in [-0.05, 0) is 49.3 Å². The maximum atomic E-state index is 12.7. The number of anilines is 1. The van der Waals surface area contributed by atoms with Crippen LogP contribution < -0.4 is 15.6 Å². The van der Waals surface area contributed by atoms with Crippen molar-refractivity contribution in [3.8, 4) is 22.3 Å². The molecule has 1 aromatic carbocycles. The van der Waals surface area contributed by atoms with E-state index in [1.165, 1.54) is 16.0 Å².